The lowest BCUT2D eigenvalue weighted by Crippen LogP contribution is -2.49. The molecule has 0 aromatic heterocycles. The molecule has 1 aromatic carbocycles. The van der Waals surface area contributed by atoms with E-state index in [1.165, 1.54) is 0 Å². The molecule has 0 aliphatic rings. The zero-order valence-electron chi connectivity index (χ0n) is 12.5. The second-order valence-electron chi connectivity index (χ2n) is 6.27. The van der Waals surface area contributed by atoms with E-state index in [2.05, 4.69) is 5.32 Å². The van der Waals surface area contributed by atoms with Crippen LogP contribution < -0.4 is 5.32 Å². The Morgan fingerprint density at radius 1 is 1.16 bits per heavy atom. The fraction of sp³-hybridized carbons (Fsp3) is 0.562. The van der Waals surface area contributed by atoms with Crippen molar-refractivity contribution >= 4 is 5.78 Å². The summed E-state index contributed by atoms with van der Waals surface area (Å²) >= 11 is 0. The van der Waals surface area contributed by atoms with Gasteiger partial charge in [-0.3, -0.25) is 4.79 Å². The van der Waals surface area contributed by atoms with Gasteiger partial charge in [0.2, 0.25) is 0 Å². The SMILES string of the molecule is CC(C)N[C@H](C(=O)C(C)(C)C)[C@@H](O)c1ccccc1. The number of carbonyl (C=O) groups excluding carboxylic acids is 1. The first-order valence-electron chi connectivity index (χ1n) is 6.77. The first-order chi connectivity index (χ1) is 8.73. The molecule has 0 aliphatic carbocycles. The van der Waals surface area contributed by atoms with E-state index in [0.29, 0.717) is 0 Å². The van der Waals surface area contributed by atoms with Crippen molar-refractivity contribution in [3.63, 3.8) is 0 Å². The quantitative estimate of drug-likeness (QED) is 0.858. The number of benzene rings is 1. The molecule has 0 saturated carbocycles. The van der Waals surface area contributed by atoms with E-state index in [1.54, 1.807) is 0 Å². The maximum atomic E-state index is 12.5. The molecule has 0 radical (unpaired) electrons. The molecule has 1 aromatic rings. The van der Waals surface area contributed by atoms with Crippen LogP contribution in [-0.2, 0) is 4.79 Å². The van der Waals surface area contributed by atoms with Gasteiger partial charge in [0.15, 0.2) is 5.78 Å². The fourth-order valence-corrected chi connectivity index (χ4v) is 1.98. The highest BCUT2D eigenvalue weighted by Gasteiger charge is 2.35. The summed E-state index contributed by atoms with van der Waals surface area (Å²) in [5, 5.41) is 13.7. The Bertz CT molecular complexity index is 407. The molecular weight excluding hydrogens is 238 g/mol. The number of rotatable bonds is 5. The molecule has 0 heterocycles. The summed E-state index contributed by atoms with van der Waals surface area (Å²) in [6.07, 6.45) is -0.824. The van der Waals surface area contributed by atoms with Crippen LogP contribution in [-0.4, -0.2) is 23.0 Å². The Morgan fingerprint density at radius 3 is 2.11 bits per heavy atom. The lowest BCUT2D eigenvalue weighted by atomic mass is 9.83. The predicted octanol–water partition coefficient (Wildman–Crippen LogP) is 2.70. The molecule has 2 N–H and O–H groups in total. The Labute approximate surface area is 116 Å². The number of aliphatic hydroxyl groups excluding tert-OH is 1. The van der Waals surface area contributed by atoms with Crippen LogP contribution >= 0.6 is 0 Å². The molecule has 0 spiro atoms. The zero-order chi connectivity index (χ0) is 14.6. The van der Waals surface area contributed by atoms with Gasteiger partial charge >= 0.3 is 0 Å². The Kier molecular flexibility index (Phi) is 5.27. The van der Waals surface area contributed by atoms with E-state index in [4.69, 9.17) is 0 Å². The third-order valence-corrected chi connectivity index (χ3v) is 2.99. The zero-order valence-corrected chi connectivity index (χ0v) is 12.5. The third kappa shape index (κ3) is 4.44. The Balaban J connectivity index is 3.01. The fourth-order valence-electron chi connectivity index (χ4n) is 1.98. The molecule has 1 rings (SSSR count). The van der Waals surface area contributed by atoms with Crippen LogP contribution in [0.4, 0.5) is 0 Å². The van der Waals surface area contributed by atoms with Gasteiger partial charge in [-0.1, -0.05) is 65.0 Å². The van der Waals surface area contributed by atoms with Crippen molar-refractivity contribution in [1.29, 1.82) is 0 Å². The Hall–Kier alpha value is -1.19. The second kappa shape index (κ2) is 6.31. The first kappa shape index (κ1) is 15.9. The molecule has 3 heteroatoms. The van der Waals surface area contributed by atoms with Gasteiger partial charge in [-0.2, -0.15) is 0 Å². The molecule has 2 atom stereocenters. The summed E-state index contributed by atoms with van der Waals surface area (Å²) in [6, 6.07) is 8.87. The highest BCUT2D eigenvalue weighted by molar-refractivity contribution is 5.89. The number of hydrogen-bond donors (Lipinski definition) is 2. The minimum Gasteiger partial charge on any atom is -0.386 e. The number of hydrogen-bond acceptors (Lipinski definition) is 3. The van der Waals surface area contributed by atoms with E-state index in [0.717, 1.165) is 5.56 Å². The van der Waals surface area contributed by atoms with Crippen molar-refractivity contribution in [1.82, 2.24) is 5.32 Å². The van der Waals surface area contributed by atoms with E-state index >= 15 is 0 Å². The van der Waals surface area contributed by atoms with Gasteiger partial charge in [0.25, 0.3) is 0 Å². The molecule has 19 heavy (non-hydrogen) atoms. The number of Topliss-reactive ketones (excluding diaryl/α,β-unsaturated/α-hetero) is 1. The van der Waals surface area contributed by atoms with Crippen molar-refractivity contribution in [2.45, 2.75) is 52.8 Å². The number of ketones is 1. The van der Waals surface area contributed by atoms with Crippen LogP contribution in [0.1, 0.15) is 46.3 Å². The molecule has 3 nitrogen and oxygen atoms in total. The molecule has 106 valence electrons. The number of aliphatic hydroxyl groups is 1. The van der Waals surface area contributed by atoms with Crippen LogP contribution in [0.3, 0.4) is 0 Å². The van der Waals surface area contributed by atoms with Crippen molar-refractivity contribution in [2.24, 2.45) is 5.41 Å². The highest BCUT2D eigenvalue weighted by atomic mass is 16.3. The summed E-state index contributed by atoms with van der Waals surface area (Å²) < 4.78 is 0. The van der Waals surface area contributed by atoms with Crippen LogP contribution in [0.15, 0.2) is 30.3 Å². The lowest BCUT2D eigenvalue weighted by Gasteiger charge is -2.30. The van der Waals surface area contributed by atoms with Gasteiger partial charge in [-0.15, -0.1) is 0 Å². The Morgan fingerprint density at radius 2 is 1.68 bits per heavy atom. The molecule has 0 fully saturated rings. The van der Waals surface area contributed by atoms with E-state index in [-0.39, 0.29) is 11.8 Å². The van der Waals surface area contributed by atoms with Gasteiger partial charge in [0.1, 0.15) is 6.10 Å². The first-order valence-corrected chi connectivity index (χ1v) is 6.77. The smallest absolute Gasteiger partial charge is 0.158 e. The topological polar surface area (TPSA) is 49.3 Å². The van der Waals surface area contributed by atoms with Crippen LogP contribution in [0.25, 0.3) is 0 Å². The van der Waals surface area contributed by atoms with Gasteiger partial charge in [0, 0.05) is 11.5 Å². The van der Waals surface area contributed by atoms with Crippen LogP contribution in [0, 0.1) is 5.41 Å². The van der Waals surface area contributed by atoms with Crippen molar-refractivity contribution in [3.05, 3.63) is 35.9 Å². The average Bonchev–Trinajstić information content (AvgIpc) is 2.34. The van der Waals surface area contributed by atoms with Gasteiger partial charge in [-0.25, -0.2) is 0 Å². The summed E-state index contributed by atoms with van der Waals surface area (Å²) in [5.41, 5.74) is 0.278. The van der Waals surface area contributed by atoms with Crippen LogP contribution in [0.2, 0.25) is 0 Å². The minimum absolute atomic E-state index is 0.0255. The second-order valence-corrected chi connectivity index (χ2v) is 6.27. The summed E-state index contributed by atoms with van der Waals surface area (Å²) in [7, 11) is 0. The normalized spacial score (nSPS) is 15.3. The molecular formula is C16H25NO2. The summed E-state index contributed by atoms with van der Waals surface area (Å²) in [6.45, 7) is 9.58. The van der Waals surface area contributed by atoms with Gasteiger partial charge in [-0.05, 0) is 5.56 Å². The minimum atomic E-state index is -0.824. The van der Waals surface area contributed by atoms with Crippen molar-refractivity contribution in [2.75, 3.05) is 0 Å². The van der Waals surface area contributed by atoms with Crippen LogP contribution in [0.5, 0.6) is 0 Å². The van der Waals surface area contributed by atoms with E-state index in [1.807, 2.05) is 65.0 Å². The lowest BCUT2D eigenvalue weighted by molar-refractivity contribution is -0.131. The summed E-state index contributed by atoms with van der Waals surface area (Å²) in [4.78, 5) is 12.5. The maximum absolute atomic E-state index is 12.5. The standard InChI is InChI=1S/C16H25NO2/c1-11(2)17-13(15(19)16(3,4)5)14(18)12-9-7-6-8-10-12/h6-11,13-14,17-18H,1-5H3/t13-,14-/m0/s1. The highest BCUT2D eigenvalue weighted by Crippen LogP contribution is 2.25. The summed E-state index contributed by atoms with van der Waals surface area (Å²) in [5.74, 6) is 0.0255. The predicted molar refractivity (Wildman–Crippen MR) is 77.9 cm³/mol. The molecule has 0 aliphatic heterocycles. The monoisotopic (exact) mass is 263 g/mol. The van der Waals surface area contributed by atoms with Gasteiger partial charge in [0.05, 0.1) is 6.04 Å². The third-order valence-electron chi connectivity index (χ3n) is 2.99. The maximum Gasteiger partial charge on any atom is 0.158 e. The van der Waals surface area contributed by atoms with Gasteiger partial charge < -0.3 is 10.4 Å². The van der Waals surface area contributed by atoms with E-state index < -0.39 is 17.6 Å². The number of carbonyl (C=O) groups is 1. The molecule has 0 amide bonds. The van der Waals surface area contributed by atoms with E-state index in [9.17, 15) is 9.90 Å². The molecule has 0 bridgehead atoms. The molecule has 0 unspecified atom stereocenters. The molecule has 0 saturated heterocycles. The van der Waals surface area contributed by atoms with Crippen molar-refractivity contribution in [3.8, 4) is 0 Å². The number of nitrogens with one attached hydrogen (secondary N) is 1. The largest absolute Gasteiger partial charge is 0.386 e. The average molecular weight is 263 g/mol. The van der Waals surface area contributed by atoms with Crippen molar-refractivity contribution < 1.29 is 9.90 Å².